The van der Waals surface area contributed by atoms with Crippen molar-refractivity contribution in [2.75, 3.05) is 39.8 Å². The maximum Gasteiger partial charge on any atom is 0.318 e. The molecule has 1 unspecified atom stereocenters. The van der Waals surface area contributed by atoms with Crippen molar-refractivity contribution in [1.82, 2.24) is 19.4 Å². The fraction of sp³-hybridized carbons (Fsp3) is 0.441. The molecule has 7 nitrogen and oxygen atoms in total. The molecule has 2 atom stereocenters. The Kier molecular flexibility index (Phi) is 11.6. The molecule has 0 radical (unpaired) electrons. The summed E-state index contributed by atoms with van der Waals surface area (Å²) < 4.78 is 28.0. The standard InChI is InChI=1S/C34H46N4O3S/c1-4-23-38(34(39)35-28(2)29-14-8-5-9-15-29)32-21-25-37(26-22-32)24-20-31(30-16-10-6-11-17-30)27-36(3)42(40,41)33-18-12-7-13-19-33/h5-19,28,31-32H,4,20-27H2,1-3H3,(H,35,39)/t28-,31?/m0/s1. The van der Waals surface area contributed by atoms with E-state index in [1.54, 1.807) is 31.3 Å². The summed E-state index contributed by atoms with van der Waals surface area (Å²) in [6.45, 7) is 8.05. The SMILES string of the molecule is CCCN(C(=O)N[C@@H](C)c1ccccc1)C1CCN(CCC(CN(C)S(=O)(=O)c2ccccc2)c2ccccc2)CC1. The molecule has 42 heavy (non-hydrogen) atoms. The maximum atomic E-state index is 13.3. The van der Waals surface area contributed by atoms with Gasteiger partial charge in [0.25, 0.3) is 0 Å². The van der Waals surface area contributed by atoms with E-state index in [1.165, 1.54) is 4.31 Å². The van der Waals surface area contributed by atoms with Crippen LogP contribution in [-0.2, 0) is 10.0 Å². The number of benzene rings is 3. The number of likely N-dealkylation sites (tertiary alicyclic amines) is 1. The molecule has 2 amide bonds. The summed E-state index contributed by atoms with van der Waals surface area (Å²) in [6.07, 6.45) is 3.65. The highest BCUT2D eigenvalue weighted by Crippen LogP contribution is 2.26. The zero-order valence-electron chi connectivity index (χ0n) is 25.2. The molecule has 1 aliphatic heterocycles. The van der Waals surface area contributed by atoms with E-state index in [0.29, 0.717) is 11.4 Å². The average Bonchev–Trinajstić information content (AvgIpc) is 3.03. The van der Waals surface area contributed by atoms with Gasteiger partial charge in [0, 0.05) is 39.3 Å². The number of carbonyl (C=O) groups excluding carboxylic acids is 1. The fourth-order valence-corrected chi connectivity index (χ4v) is 7.08. The number of hydrogen-bond acceptors (Lipinski definition) is 4. The van der Waals surface area contributed by atoms with E-state index in [0.717, 1.165) is 63.0 Å². The molecular weight excluding hydrogens is 544 g/mol. The van der Waals surface area contributed by atoms with Crippen LogP contribution < -0.4 is 5.32 Å². The zero-order chi connectivity index (χ0) is 30.0. The Morgan fingerprint density at radius 3 is 2.02 bits per heavy atom. The van der Waals surface area contributed by atoms with Crippen LogP contribution in [-0.4, -0.2) is 74.4 Å². The lowest BCUT2D eigenvalue weighted by atomic mass is 9.94. The van der Waals surface area contributed by atoms with Crippen LogP contribution in [0.5, 0.6) is 0 Å². The number of likely N-dealkylation sites (N-methyl/N-ethyl adjacent to an activating group) is 1. The first kappa shape index (κ1) is 31.7. The quantitative estimate of drug-likeness (QED) is 0.260. The molecule has 8 heteroatoms. The molecule has 1 saturated heterocycles. The number of urea groups is 1. The van der Waals surface area contributed by atoms with Crippen molar-refractivity contribution >= 4 is 16.1 Å². The van der Waals surface area contributed by atoms with Gasteiger partial charge in [-0.15, -0.1) is 0 Å². The van der Waals surface area contributed by atoms with Crippen molar-refractivity contribution < 1.29 is 13.2 Å². The normalized spacial score (nSPS) is 16.2. The number of rotatable bonds is 13. The first-order valence-corrected chi connectivity index (χ1v) is 16.6. The third-order valence-corrected chi connectivity index (χ3v) is 10.2. The van der Waals surface area contributed by atoms with E-state index in [4.69, 9.17) is 0 Å². The van der Waals surface area contributed by atoms with Crippen molar-refractivity contribution in [2.45, 2.75) is 62.4 Å². The third-order valence-electron chi connectivity index (χ3n) is 8.36. The molecule has 0 aromatic heterocycles. The van der Waals surface area contributed by atoms with Gasteiger partial charge in [-0.2, -0.15) is 0 Å². The first-order chi connectivity index (χ1) is 20.3. The minimum absolute atomic E-state index is 0.0125. The Morgan fingerprint density at radius 1 is 0.905 bits per heavy atom. The Morgan fingerprint density at radius 2 is 1.45 bits per heavy atom. The average molecular weight is 591 g/mol. The van der Waals surface area contributed by atoms with Gasteiger partial charge in [0.1, 0.15) is 0 Å². The van der Waals surface area contributed by atoms with Gasteiger partial charge in [0.2, 0.25) is 10.0 Å². The van der Waals surface area contributed by atoms with Crippen molar-refractivity contribution in [2.24, 2.45) is 0 Å². The highest BCUT2D eigenvalue weighted by Gasteiger charge is 2.29. The zero-order valence-corrected chi connectivity index (χ0v) is 26.0. The summed E-state index contributed by atoms with van der Waals surface area (Å²) in [4.78, 5) is 18.1. The van der Waals surface area contributed by atoms with Crippen molar-refractivity contribution in [3.8, 4) is 0 Å². The van der Waals surface area contributed by atoms with Gasteiger partial charge in [0.05, 0.1) is 10.9 Å². The minimum Gasteiger partial charge on any atom is -0.331 e. The first-order valence-electron chi connectivity index (χ1n) is 15.2. The second-order valence-corrected chi connectivity index (χ2v) is 13.4. The fourth-order valence-electron chi connectivity index (χ4n) is 5.85. The van der Waals surface area contributed by atoms with Crippen LogP contribution in [0.1, 0.15) is 62.6 Å². The summed E-state index contributed by atoms with van der Waals surface area (Å²) >= 11 is 0. The number of sulfonamides is 1. The largest absolute Gasteiger partial charge is 0.331 e. The monoisotopic (exact) mass is 590 g/mol. The topological polar surface area (TPSA) is 73.0 Å². The molecule has 1 N–H and O–H groups in total. The smallest absolute Gasteiger partial charge is 0.318 e. The molecule has 1 fully saturated rings. The van der Waals surface area contributed by atoms with Gasteiger partial charge < -0.3 is 15.1 Å². The molecule has 0 saturated carbocycles. The van der Waals surface area contributed by atoms with E-state index >= 15 is 0 Å². The lowest BCUT2D eigenvalue weighted by Gasteiger charge is -2.39. The lowest BCUT2D eigenvalue weighted by molar-refractivity contribution is 0.117. The summed E-state index contributed by atoms with van der Waals surface area (Å²) in [5.74, 6) is 0.0780. The van der Waals surface area contributed by atoms with E-state index in [1.807, 2.05) is 66.4 Å². The number of piperidine rings is 1. The molecule has 3 aromatic rings. The molecular formula is C34H46N4O3S. The minimum atomic E-state index is -3.57. The number of hydrogen-bond donors (Lipinski definition) is 1. The van der Waals surface area contributed by atoms with Crippen LogP contribution in [0.3, 0.4) is 0 Å². The molecule has 0 bridgehead atoms. The van der Waals surface area contributed by atoms with Crippen LogP contribution in [0.4, 0.5) is 4.79 Å². The Balaban J connectivity index is 1.34. The summed E-state index contributed by atoms with van der Waals surface area (Å²) in [5.41, 5.74) is 2.26. The molecule has 3 aromatic carbocycles. The molecule has 0 aliphatic carbocycles. The second kappa shape index (κ2) is 15.3. The van der Waals surface area contributed by atoms with Gasteiger partial charge in [-0.05, 0) is 68.3 Å². The summed E-state index contributed by atoms with van der Waals surface area (Å²) in [7, 11) is -1.89. The van der Waals surface area contributed by atoms with Crippen molar-refractivity contribution in [3.63, 3.8) is 0 Å². The Hall–Kier alpha value is -3.20. The van der Waals surface area contributed by atoms with E-state index in [2.05, 4.69) is 29.3 Å². The van der Waals surface area contributed by atoms with E-state index < -0.39 is 10.0 Å². The van der Waals surface area contributed by atoms with Crippen molar-refractivity contribution in [1.29, 1.82) is 0 Å². The Bertz CT molecular complexity index is 1330. The highest BCUT2D eigenvalue weighted by atomic mass is 32.2. The Labute approximate surface area is 252 Å². The van der Waals surface area contributed by atoms with E-state index in [-0.39, 0.29) is 24.0 Å². The van der Waals surface area contributed by atoms with Gasteiger partial charge in [-0.1, -0.05) is 85.8 Å². The second-order valence-electron chi connectivity index (χ2n) is 11.3. The molecule has 4 rings (SSSR count). The van der Waals surface area contributed by atoms with Crippen LogP contribution in [0.2, 0.25) is 0 Å². The van der Waals surface area contributed by atoms with Gasteiger partial charge in [0.15, 0.2) is 0 Å². The van der Waals surface area contributed by atoms with Crippen LogP contribution in [0.25, 0.3) is 0 Å². The van der Waals surface area contributed by atoms with Crippen LogP contribution in [0.15, 0.2) is 95.9 Å². The summed E-state index contributed by atoms with van der Waals surface area (Å²) in [6, 6.07) is 29.1. The van der Waals surface area contributed by atoms with Crippen molar-refractivity contribution in [3.05, 3.63) is 102 Å². The predicted molar refractivity (Wildman–Crippen MR) is 170 cm³/mol. The molecule has 226 valence electrons. The lowest BCUT2D eigenvalue weighted by Crippen LogP contribution is -2.51. The molecule has 1 aliphatic rings. The molecule has 1 heterocycles. The van der Waals surface area contributed by atoms with Gasteiger partial charge >= 0.3 is 6.03 Å². The third kappa shape index (κ3) is 8.43. The highest BCUT2D eigenvalue weighted by molar-refractivity contribution is 7.89. The van der Waals surface area contributed by atoms with Gasteiger partial charge in [-0.25, -0.2) is 17.5 Å². The maximum absolute atomic E-state index is 13.3. The molecule has 0 spiro atoms. The van der Waals surface area contributed by atoms with Crippen LogP contribution in [0, 0.1) is 0 Å². The predicted octanol–water partition coefficient (Wildman–Crippen LogP) is 6.13. The number of amides is 2. The summed E-state index contributed by atoms with van der Waals surface area (Å²) in [5, 5.41) is 3.21. The van der Waals surface area contributed by atoms with Crippen LogP contribution >= 0.6 is 0 Å². The number of nitrogens with zero attached hydrogens (tertiary/aromatic N) is 3. The van der Waals surface area contributed by atoms with Gasteiger partial charge in [-0.3, -0.25) is 0 Å². The van der Waals surface area contributed by atoms with E-state index in [9.17, 15) is 13.2 Å². The number of nitrogens with one attached hydrogen (secondary N) is 1. The number of carbonyl (C=O) groups is 1.